The van der Waals surface area contributed by atoms with E-state index in [1.54, 1.807) is 54.6 Å². The van der Waals surface area contributed by atoms with Crippen LogP contribution in [0.1, 0.15) is 20.7 Å². The molecule has 0 saturated carbocycles. The van der Waals surface area contributed by atoms with E-state index in [0.717, 1.165) is 0 Å². The summed E-state index contributed by atoms with van der Waals surface area (Å²) in [5, 5.41) is 6.99. The molecule has 3 aromatic carbocycles. The van der Waals surface area contributed by atoms with E-state index < -0.39 is 11.8 Å². The van der Waals surface area contributed by atoms with Gasteiger partial charge in [0.05, 0.1) is 0 Å². The van der Waals surface area contributed by atoms with Gasteiger partial charge in [-0.05, 0) is 54.6 Å². The van der Waals surface area contributed by atoms with E-state index in [1.165, 1.54) is 6.07 Å². The van der Waals surface area contributed by atoms with E-state index in [0.29, 0.717) is 42.6 Å². The van der Waals surface area contributed by atoms with Crippen LogP contribution in [0.2, 0.25) is 20.1 Å². The number of carbonyl (C=O) groups is 2. The van der Waals surface area contributed by atoms with Gasteiger partial charge in [-0.2, -0.15) is 0 Å². The minimum absolute atomic E-state index is 0.299. The van der Waals surface area contributed by atoms with Crippen LogP contribution in [0, 0.1) is 0 Å². The molecule has 4 nitrogen and oxygen atoms in total. The number of hydrogen-bond donors (Lipinski definition) is 2. The van der Waals surface area contributed by atoms with Crippen molar-refractivity contribution in [3.05, 3.63) is 91.9 Å². The summed E-state index contributed by atoms with van der Waals surface area (Å²) in [7, 11) is 0. The highest BCUT2D eigenvalue weighted by molar-refractivity contribution is 6.35. The van der Waals surface area contributed by atoms with Crippen LogP contribution in [0.3, 0.4) is 0 Å². The lowest BCUT2D eigenvalue weighted by Gasteiger charge is -2.09. The molecular weight excluding hydrogens is 442 g/mol. The molecule has 0 aromatic heterocycles. The van der Waals surface area contributed by atoms with Crippen LogP contribution >= 0.6 is 46.4 Å². The number of halogens is 4. The van der Waals surface area contributed by atoms with Crippen molar-refractivity contribution in [1.82, 2.24) is 0 Å². The summed E-state index contributed by atoms with van der Waals surface area (Å²) >= 11 is 23.8. The van der Waals surface area contributed by atoms with Crippen molar-refractivity contribution in [3.8, 4) is 0 Å². The summed E-state index contributed by atoms with van der Waals surface area (Å²) in [6.45, 7) is 0. The summed E-state index contributed by atoms with van der Waals surface area (Å²) < 4.78 is 0. The van der Waals surface area contributed by atoms with E-state index in [-0.39, 0.29) is 0 Å². The molecular formula is C20H12Cl4N2O2. The van der Waals surface area contributed by atoms with Crippen LogP contribution in [-0.4, -0.2) is 11.8 Å². The van der Waals surface area contributed by atoms with E-state index in [2.05, 4.69) is 10.6 Å². The predicted molar refractivity (Wildman–Crippen MR) is 115 cm³/mol. The fourth-order valence-electron chi connectivity index (χ4n) is 2.46. The number of amides is 2. The van der Waals surface area contributed by atoms with Gasteiger partial charge in [0.25, 0.3) is 11.8 Å². The highest BCUT2D eigenvalue weighted by Gasteiger charge is 2.12. The first-order valence-corrected chi connectivity index (χ1v) is 9.46. The lowest BCUT2D eigenvalue weighted by Crippen LogP contribution is -2.15. The van der Waals surface area contributed by atoms with Crippen molar-refractivity contribution in [2.45, 2.75) is 0 Å². The van der Waals surface area contributed by atoms with E-state index in [4.69, 9.17) is 46.4 Å². The van der Waals surface area contributed by atoms with E-state index in [1.807, 2.05) is 0 Å². The van der Waals surface area contributed by atoms with Gasteiger partial charge in [0.1, 0.15) is 0 Å². The molecule has 2 amide bonds. The highest BCUT2D eigenvalue weighted by atomic mass is 35.5. The maximum atomic E-state index is 12.5. The van der Waals surface area contributed by atoms with Gasteiger partial charge < -0.3 is 10.6 Å². The molecule has 0 spiro atoms. The van der Waals surface area contributed by atoms with Crippen molar-refractivity contribution in [3.63, 3.8) is 0 Å². The molecule has 28 heavy (non-hydrogen) atoms. The Morgan fingerprint density at radius 3 is 1.29 bits per heavy atom. The van der Waals surface area contributed by atoms with Gasteiger partial charge in [-0.1, -0.05) is 52.5 Å². The number of hydrogen-bond acceptors (Lipinski definition) is 2. The van der Waals surface area contributed by atoms with Gasteiger partial charge in [0.15, 0.2) is 0 Å². The standard InChI is InChI=1S/C20H12Cl4N2O2/c21-13-5-14(22)8-17(7-13)25-19(27)11-2-1-3-12(4-11)20(28)26-18-9-15(23)6-16(24)10-18/h1-10H,(H,25,27)(H,26,28). The number of nitrogens with one attached hydrogen (secondary N) is 2. The molecule has 3 aromatic rings. The molecule has 2 N–H and O–H groups in total. The summed E-state index contributed by atoms with van der Waals surface area (Å²) in [6.07, 6.45) is 0. The Balaban J connectivity index is 1.77. The van der Waals surface area contributed by atoms with Gasteiger partial charge in [0, 0.05) is 42.6 Å². The lowest BCUT2D eigenvalue weighted by molar-refractivity contribution is 0.102. The molecule has 0 unspecified atom stereocenters. The molecule has 3 rings (SSSR count). The van der Waals surface area contributed by atoms with Crippen LogP contribution in [0.15, 0.2) is 60.7 Å². The molecule has 0 atom stereocenters. The lowest BCUT2D eigenvalue weighted by atomic mass is 10.1. The number of anilines is 2. The summed E-state index contributed by atoms with van der Waals surface area (Å²) in [4.78, 5) is 25.0. The Morgan fingerprint density at radius 1 is 0.571 bits per heavy atom. The van der Waals surface area contributed by atoms with Gasteiger partial charge in [-0.3, -0.25) is 9.59 Å². The fraction of sp³-hybridized carbons (Fsp3) is 0. The van der Waals surface area contributed by atoms with Crippen LogP contribution in [0.25, 0.3) is 0 Å². The Bertz CT molecular complexity index is 949. The molecule has 0 radical (unpaired) electrons. The Morgan fingerprint density at radius 2 is 0.929 bits per heavy atom. The van der Waals surface area contributed by atoms with E-state index in [9.17, 15) is 9.59 Å². The number of rotatable bonds is 4. The number of carbonyl (C=O) groups excluding carboxylic acids is 2. The third-order valence-corrected chi connectivity index (χ3v) is 4.50. The fourth-order valence-corrected chi connectivity index (χ4v) is 3.51. The second kappa shape index (κ2) is 8.84. The van der Waals surface area contributed by atoms with Crippen LogP contribution in [0.5, 0.6) is 0 Å². The number of benzene rings is 3. The minimum atomic E-state index is -0.404. The van der Waals surface area contributed by atoms with Gasteiger partial charge in [-0.25, -0.2) is 0 Å². The molecule has 0 bridgehead atoms. The molecule has 0 fully saturated rings. The zero-order chi connectivity index (χ0) is 20.3. The topological polar surface area (TPSA) is 58.2 Å². The zero-order valence-electron chi connectivity index (χ0n) is 14.1. The van der Waals surface area contributed by atoms with Crippen molar-refractivity contribution in [2.24, 2.45) is 0 Å². The first-order valence-electron chi connectivity index (χ1n) is 7.95. The van der Waals surface area contributed by atoms with Crippen LogP contribution in [-0.2, 0) is 0 Å². The first-order chi connectivity index (χ1) is 13.3. The third-order valence-electron chi connectivity index (χ3n) is 3.63. The van der Waals surface area contributed by atoms with Crippen molar-refractivity contribution < 1.29 is 9.59 Å². The van der Waals surface area contributed by atoms with Crippen LogP contribution in [0.4, 0.5) is 11.4 Å². The third kappa shape index (κ3) is 5.40. The van der Waals surface area contributed by atoms with Crippen LogP contribution < -0.4 is 10.6 Å². The monoisotopic (exact) mass is 452 g/mol. The van der Waals surface area contributed by atoms with E-state index >= 15 is 0 Å². The molecule has 8 heteroatoms. The molecule has 0 heterocycles. The summed E-state index contributed by atoms with van der Waals surface area (Å²) in [5.41, 5.74) is 1.50. The smallest absolute Gasteiger partial charge is 0.255 e. The second-order valence-corrected chi connectivity index (χ2v) is 7.55. The average Bonchev–Trinajstić information content (AvgIpc) is 2.60. The average molecular weight is 454 g/mol. The molecule has 0 aliphatic rings. The summed E-state index contributed by atoms with van der Waals surface area (Å²) in [5.74, 6) is -0.808. The molecule has 0 saturated heterocycles. The zero-order valence-corrected chi connectivity index (χ0v) is 17.1. The quantitative estimate of drug-likeness (QED) is 0.456. The second-order valence-electron chi connectivity index (χ2n) is 5.81. The summed E-state index contributed by atoms with van der Waals surface area (Å²) in [6, 6.07) is 15.7. The Kier molecular flexibility index (Phi) is 6.47. The predicted octanol–water partition coefficient (Wildman–Crippen LogP) is 6.80. The van der Waals surface area contributed by atoms with Crippen molar-refractivity contribution in [1.29, 1.82) is 0 Å². The van der Waals surface area contributed by atoms with Crippen molar-refractivity contribution in [2.75, 3.05) is 10.6 Å². The van der Waals surface area contributed by atoms with Gasteiger partial charge in [-0.15, -0.1) is 0 Å². The molecule has 142 valence electrons. The maximum Gasteiger partial charge on any atom is 0.255 e. The van der Waals surface area contributed by atoms with Crippen molar-refractivity contribution >= 4 is 69.6 Å². The maximum absolute atomic E-state index is 12.5. The Labute approximate surface area is 181 Å². The van der Waals surface area contributed by atoms with Gasteiger partial charge >= 0.3 is 0 Å². The Hall–Kier alpha value is -2.24. The normalized spacial score (nSPS) is 10.4. The largest absolute Gasteiger partial charge is 0.322 e. The first kappa shape index (κ1) is 20.5. The van der Waals surface area contributed by atoms with Gasteiger partial charge in [0.2, 0.25) is 0 Å². The molecule has 0 aliphatic heterocycles. The highest BCUT2D eigenvalue weighted by Crippen LogP contribution is 2.24. The minimum Gasteiger partial charge on any atom is -0.322 e. The SMILES string of the molecule is O=C(Nc1cc(Cl)cc(Cl)c1)c1cccc(C(=O)Nc2cc(Cl)cc(Cl)c2)c1. The molecule has 0 aliphatic carbocycles.